The molecule has 0 saturated heterocycles. The number of rotatable bonds is 8. The number of aromatic nitrogens is 2. The second-order valence-corrected chi connectivity index (χ2v) is 6.25. The van der Waals surface area contributed by atoms with E-state index in [1.54, 1.807) is 31.4 Å². The van der Waals surface area contributed by atoms with E-state index in [4.69, 9.17) is 9.26 Å². The monoisotopic (exact) mass is 379 g/mol. The first-order valence-electron chi connectivity index (χ1n) is 8.93. The molecule has 3 rings (SSSR count). The van der Waals surface area contributed by atoms with Crippen molar-refractivity contribution in [3.8, 4) is 17.1 Å². The molecule has 0 atom stereocenters. The number of anilines is 1. The fourth-order valence-corrected chi connectivity index (χ4v) is 2.73. The van der Waals surface area contributed by atoms with Gasteiger partial charge in [0.05, 0.1) is 12.7 Å². The molecular formula is C21H21N3O4. The summed E-state index contributed by atoms with van der Waals surface area (Å²) in [4.78, 5) is 27.9. The number of amides is 1. The highest BCUT2D eigenvalue weighted by Gasteiger charge is 2.13. The Morgan fingerprint density at radius 2 is 1.96 bits per heavy atom. The molecule has 1 aromatic heterocycles. The van der Waals surface area contributed by atoms with E-state index in [0.29, 0.717) is 48.0 Å². The second kappa shape index (κ2) is 8.94. The van der Waals surface area contributed by atoms with E-state index < -0.39 is 0 Å². The van der Waals surface area contributed by atoms with Crippen LogP contribution in [0, 0.1) is 0 Å². The molecule has 0 saturated carbocycles. The molecule has 3 aromatic rings. The Labute approximate surface area is 162 Å². The molecule has 2 aromatic carbocycles. The van der Waals surface area contributed by atoms with E-state index in [9.17, 15) is 9.59 Å². The third kappa shape index (κ3) is 4.82. The number of nitrogens with one attached hydrogen (secondary N) is 1. The van der Waals surface area contributed by atoms with E-state index in [1.807, 2.05) is 24.3 Å². The van der Waals surface area contributed by atoms with Crippen LogP contribution in [0.1, 0.15) is 36.0 Å². The highest BCUT2D eigenvalue weighted by Crippen LogP contribution is 2.27. The summed E-state index contributed by atoms with van der Waals surface area (Å²) < 4.78 is 10.6. The van der Waals surface area contributed by atoms with Gasteiger partial charge in [-0.2, -0.15) is 4.98 Å². The van der Waals surface area contributed by atoms with Crippen LogP contribution in [0.4, 0.5) is 5.69 Å². The van der Waals surface area contributed by atoms with Gasteiger partial charge >= 0.3 is 0 Å². The van der Waals surface area contributed by atoms with Gasteiger partial charge in [-0.25, -0.2) is 0 Å². The summed E-state index contributed by atoms with van der Waals surface area (Å²) in [5.74, 6) is 1.41. The van der Waals surface area contributed by atoms with E-state index in [1.165, 1.54) is 6.92 Å². The lowest BCUT2D eigenvalue weighted by Crippen LogP contribution is -2.12. The van der Waals surface area contributed by atoms with Crippen molar-refractivity contribution in [2.45, 2.75) is 26.2 Å². The summed E-state index contributed by atoms with van der Waals surface area (Å²) in [5, 5.41) is 6.78. The number of Topliss-reactive ketones (excluding diaryl/α,β-unsaturated/α-hetero) is 1. The normalized spacial score (nSPS) is 10.5. The maximum absolute atomic E-state index is 12.1. The van der Waals surface area contributed by atoms with Crippen molar-refractivity contribution in [1.82, 2.24) is 10.1 Å². The predicted molar refractivity (Wildman–Crippen MR) is 104 cm³/mol. The van der Waals surface area contributed by atoms with Gasteiger partial charge in [-0.1, -0.05) is 29.4 Å². The third-order valence-corrected chi connectivity index (χ3v) is 4.16. The van der Waals surface area contributed by atoms with Crippen molar-refractivity contribution in [3.63, 3.8) is 0 Å². The number of carbonyl (C=O) groups excluding carboxylic acids is 2. The van der Waals surface area contributed by atoms with Gasteiger partial charge in [-0.3, -0.25) is 9.59 Å². The number of methoxy groups -OCH3 is 1. The van der Waals surface area contributed by atoms with E-state index in [-0.39, 0.29) is 11.7 Å². The first-order chi connectivity index (χ1) is 13.6. The minimum absolute atomic E-state index is 0.0432. The Hall–Kier alpha value is -3.48. The summed E-state index contributed by atoms with van der Waals surface area (Å²) in [6.45, 7) is 1.49. The largest absolute Gasteiger partial charge is 0.496 e. The zero-order chi connectivity index (χ0) is 19.9. The number of ether oxygens (including phenoxy) is 1. The Balaban J connectivity index is 1.53. The molecule has 1 N–H and O–H groups in total. The third-order valence-electron chi connectivity index (χ3n) is 4.16. The van der Waals surface area contributed by atoms with Crippen LogP contribution in [0.5, 0.6) is 5.75 Å². The molecule has 0 aliphatic rings. The summed E-state index contributed by atoms with van der Waals surface area (Å²) in [7, 11) is 1.59. The molecule has 0 aliphatic carbocycles. The molecule has 0 bridgehead atoms. The second-order valence-electron chi connectivity index (χ2n) is 6.25. The van der Waals surface area contributed by atoms with E-state index in [2.05, 4.69) is 15.5 Å². The van der Waals surface area contributed by atoms with Crippen LogP contribution in [0.3, 0.4) is 0 Å². The SMILES string of the molecule is COc1ccccc1-c1noc(CCCC(=O)Nc2cccc(C(C)=O)c2)n1. The van der Waals surface area contributed by atoms with Gasteiger partial charge in [0, 0.05) is 24.1 Å². The molecule has 1 heterocycles. The first-order valence-corrected chi connectivity index (χ1v) is 8.93. The first kappa shape index (κ1) is 19.3. The van der Waals surface area contributed by atoms with Crippen molar-refractivity contribution in [3.05, 3.63) is 60.0 Å². The van der Waals surface area contributed by atoms with Gasteiger partial charge in [0.1, 0.15) is 5.75 Å². The van der Waals surface area contributed by atoms with E-state index in [0.717, 1.165) is 5.56 Å². The highest BCUT2D eigenvalue weighted by atomic mass is 16.5. The number of benzene rings is 2. The molecule has 0 aliphatic heterocycles. The number of aryl methyl sites for hydroxylation is 1. The maximum Gasteiger partial charge on any atom is 0.226 e. The van der Waals surface area contributed by atoms with Crippen LogP contribution in [-0.2, 0) is 11.2 Å². The summed E-state index contributed by atoms with van der Waals surface area (Å²) >= 11 is 0. The molecule has 7 nitrogen and oxygen atoms in total. The van der Waals surface area contributed by atoms with Crippen molar-refractivity contribution in [2.24, 2.45) is 0 Å². The Morgan fingerprint density at radius 3 is 2.75 bits per heavy atom. The Morgan fingerprint density at radius 1 is 1.14 bits per heavy atom. The summed E-state index contributed by atoms with van der Waals surface area (Å²) in [6, 6.07) is 14.3. The Kier molecular flexibility index (Phi) is 6.16. The smallest absolute Gasteiger partial charge is 0.226 e. The zero-order valence-corrected chi connectivity index (χ0v) is 15.8. The van der Waals surface area contributed by atoms with Crippen molar-refractivity contribution in [1.29, 1.82) is 0 Å². The number of carbonyl (C=O) groups is 2. The van der Waals surface area contributed by atoms with Crippen LogP contribution in [-0.4, -0.2) is 28.9 Å². The minimum Gasteiger partial charge on any atom is -0.496 e. The lowest BCUT2D eigenvalue weighted by atomic mass is 10.1. The fourth-order valence-electron chi connectivity index (χ4n) is 2.73. The summed E-state index contributed by atoms with van der Waals surface area (Å²) in [6.07, 6.45) is 1.35. The number of hydrogen-bond acceptors (Lipinski definition) is 6. The van der Waals surface area contributed by atoms with Crippen LogP contribution in [0.25, 0.3) is 11.4 Å². The molecule has 7 heteroatoms. The van der Waals surface area contributed by atoms with Gasteiger partial charge in [0.15, 0.2) is 5.78 Å². The standard InChI is InChI=1S/C21H21N3O4/c1-14(25)15-7-5-8-16(13-15)22-19(26)11-6-12-20-23-21(24-28-20)17-9-3-4-10-18(17)27-2/h3-5,7-10,13H,6,11-12H2,1-2H3,(H,22,26). The number of ketones is 1. The van der Waals surface area contributed by atoms with Gasteiger partial charge < -0.3 is 14.6 Å². The number of nitrogens with zero attached hydrogens (tertiary/aromatic N) is 2. The molecule has 0 spiro atoms. The minimum atomic E-state index is -0.134. The fraction of sp³-hybridized carbons (Fsp3) is 0.238. The maximum atomic E-state index is 12.1. The highest BCUT2D eigenvalue weighted by molar-refractivity contribution is 5.97. The van der Waals surface area contributed by atoms with E-state index >= 15 is 0 Å². The molecule has 28 heavy (non-hydrogen) atoms. The van der Waals surface area contributed by atoms with Gasteiger partial charge in [0.2, 0.25) is 17.6 Å². The molecule has 1 amide bonds. The Bertz CT molecular complexity index is 981. The van der Waals surface area contributed by atoms with Crippen LogP contribution >= 0.6 is 0 Å². The lowest BCUT2D eigenvalue weighted by molar-refractivity contribution is -0.116. The quantitative estimate of drug-likeness (QED) is 0.596. The van der Waals surface area contributed by atoms with Crippen molar-refractivity contribution < 1.29 is 18.8 Å². The summed E-state index contributed by atoms with van der Waals surface area (Å²) in [5.41, 5.74) is 1.92. The number of para-hydroxylation sites is 1. The van der Waals surface area contributed by atoms with Gasteiger partial charge in [-0.05, 0) is 37.6 Å². The topological polar surface area (TPSA) is 94.3 Å². The number of hydrogen-bond donors (Lipinski definition) is 1. The molecule has 0 radical (unpaired) electrons. The van der Waals surface area contributed by atoms with Crippen molar-refractivity contribution in [2.75, 3.05) is 12.4 Å². The predicted octanol–water partition coefficient (Wildman–Crippen LogP) is 3.91. The molecular weight excluding hydrogens is 358 g/mol. The molecule has 144 valence electrons. The van der Waals surface area contributed by atoms with Gasteiger partial charge in [-0.15, -0.1) is 0 Å². The average molecular weight is 379 g/mol. The van der Waals surface area contributed by atoms with Crippen molar-refractivity contribution >= 4 is 17.4 Å². The van der Waals surface area contributed by atoms with Crippen LogP contribution in [0.15, 0.2) is 53.1 Å². The van der Waals surface area contributed by atoms with Crippen LogP contribution in [0.2, 0.25) is 0 Å². The lowest BCUT2D eigenvalue weighted by Gasteiger charge is -2.05. The zero-order valence-electron chi connectivity index (χ0n) is 15.8. The molecule has 0 unspecified atom stereocenters. The molecule has 0 fully saturated rings. The van der Waals surface area contributed by atoms with Gasteiger partial charge in [0.25, 0.3) is 0 Å². The van der Waals surface area contributed by atoms with Crippen LogP contribution < -0.4 is 10.1 Å². The average Bonchev–Trinajstić information content (AvgIpc) is 3.16.